The molecule has 5 rings (SSSR count). The number of hydrogen-bond acceptors (Lipinski definition) is 9. The summed E-state index contributed by atoms with van der Waals surface area (Å²) in [5.74, 6) is 0.488. The number of ether oxygens (including phenoxy) is 1. The summed E-state index contributed by atoms with van der Waals surface area (Å²) in [6.45, 7) is 3.64. The lowest BCUT2D eigenvalue weighted by Crippen LogP contribution is -2.10. The maximum atomic E-state index is 12.5. The molecule has 4 aromatic heterocycles. The monoisotopic (exact) mass is 423 g/mol. The van der Waals surface area contributed by atoms with Gasteiger partial charge in [-0.3, -0.25) is 0 Å². The van der Waals surface area contributed by atoms with Gasteiger partial charge in [-0.1, -0.05) is 6.42 Å². The first-order valence-corrected chi connectivity index (χ1v) is 10.8. The minimum atomic E-state index is -0.651. The Labute approximate surface area is 176 Å². The van der Waals surface area contributed by atoms with Crippen LogP contribution in [0.25, 0.3) is 16.0 Å². The van der Waals surface area contributed by atoms with Gasteiger partial charge in [0.25, 0.3) is 11.6 Å². The van der Waals surface area contributed by atoms with Crippen molar-refractivity contribution in [2.24, 2.45) is 0 Å². The van der Waals surface area contributed by atoms with Crippen molar-refractivity contribution in [3.63, 3.8) is 0 Å². The third-order valence-corrected chi connectivity index (χ3v) is 6.46. The highest BCUT2D eigenvalue weighted by Crippen LogP contribution is 2.37. The summed E-state index contributed by atoms with van der Waals surface area (Å²) in [5.41, 5.74) is 9.19. The predicted octanol–water partition coefficient (Wildman–Crippen LogP) is 2.95. The van der Waals surface area contributed by atoms with Gasteiger partial charge in [0.05, 0.1) is 5.39 Å². The predicted molar refractivity (Wildman–Crippen MR) is 112 cm³/mol. The lowest BCUT2D eigenvalue weighted by Gasteiger charge is -2.05. The van der Waals surface area contributed by atoms with Crippen molar-refractivity contribution in [1.29, 1.82) is 0 Å². The maximum Gasteiger partial charge on any atom is 0.378 e. The van der Waals surface area contributed by atoms with Crippen LogP contribution in [0.15, 0.2) is 6.07 Å². The number of thiophene rings is 1. The molecule has 154 valence electrons. The second kappa shape index (κ2) is 7.28. The Kier molecular flexibility index (Phi) is 4.58. The van der Waals surface area contributed by atoms with Crippen molar-refractivity contribution in [3.8, 4) is 0 Å². The van der Waals surface area contributed by atoms with E-state index >= 15 is 0 Å². The number of nitrogens with zero attached hydrogens (tertiary/aromatic N) is 6. The van der Waals surface area contributed by atoms with E-state index in [0.717, 1.165) is 40.9 Å². The second-order valence-electron chi connectivity index (χ2n) is 7.53. The highest BCUT2D eigenvalue weighted by Gasteiger charge is 2.21. The fourth-order valence-electron chi connectivity index (χ4n) is 3.92. The molecular weight excluding hydrogens is 402 g/mol. The van der Waals surface area contributed by atoms with Crippen molar-refractivity contribution in [2.75, 3.05) is 5.73 Å². The van der Waals surface area contributed by atoms with Gasteiger partial charge >= 0.3 is 5.97 Å². The van der Waals surface area contributed by atoms with Crippen LogP contribution in [0.1, 0.15) is 57.5 Å². The average Bonchev–Trinajstić information content (AvgIpc) is 3.21. The van der Waals surface area contributed by atoms with Crippen LogP contribution in [-0.2, 0) is 24.2 Å². The maximum absolute atomic E-state index is 12.5. The molecule has 4 heterocycles. The number of fused-ring (bicyclic) bond motifs is 4. The second-order valence-corrected chi connectivity index (χ2v) is 8.62. The number of nitrogen functional groups attached to an aromatic ring is 1. The first kappa shape index (κ1) is 18.9. The highest BCUT2D eigenvalue weighted by atomic mass is 32.1. The number of carbonyl (C=O) groups excluding carboxylic acids is 1. The molecule has 0 saturated carbocycles. The zero-order valence-electron chi connectivity index (χ0n) is 16.8. The van der Waals surface area contributed by atoms with E-state index in [4.69, 9.17) is 10.5 Å². The first-order valence-electron chi connectivity index (χ1n) is 9.94. The largest absolute Gasteiger partial charge is 0.452 e. The van der Waals surface area contributed by atoms with Crippen LogP contribution in [0.3, 0.4) is 0 Å². The summed E-state index contributed by atoms with van der Waals surface area (Å²) in [6, 6.07) is 1.87. The lowest BCUT2D eigenvalue weighted by molar-refractivity contribution is 0.0448. The van der Waals surface area contributed by atoms with E-state index in [-0.39, 0.29) is 12.4 Å². The molecule has 4 aromatic rings. The quantitative estimate of drug-likeness (QED) is 0.394. The Bertz CT molecular complexity index is 1290. The minimum Gasteiger partial charge on any atom is -0.452 e. The van der Waals surface area contributed by atoms with Crippen molar-refractivity contribution >= 4 is 39.1 Å². The molecule has 10 heteroatoms. The normalized spacial score (nSPS) is 14.1. The smallest absolute Gasteiger partial charge is 0.378 e. The molecule has 0 unspecified atom stereocenters. The number of esters is 1. The molecule has 0 saturated heterocycles. The van der Waals surface area contributed by atoms with Gasteiger partial charge in [-0.05, 0) is 51.2 Å². The number of aryl methyl sites for hydroxylation is 4. The molecule has 0 bridgehead atoms. The van der Waals surface area contributed by atoms with Crippen molar-refractivity contribution in [3.05, 3.63) is 39.5 Å². The van der Waals surface area contributed by atoms with Crippen LogP contribution in [0.4, 0.5) is 5.82 Å². The molecule has 1 aliphatic rings. The molecule has 9 nitrogen and oxygen atoms in total. The van der Waals surface area contributed by atoms with Crippen LogP contribution in [0.2, 0.25) is 0 Å². The Balaban J connectivity index is 1.38. The summed E-state index contributed by atoms with van der Waals surface area (Å²) in [7, 11) is 0. The van der Waals surface area contributed by atoms with Crippen molar-refractivity contribution < 1.29 is 9.53 Å². The third kappa shape index (κ3) is 3.26. The zero-order valence-corrected chi connectivity index (χ0v) is 17.6. The number of aromatic nitrogens is 6. The molecule has 0 aliphatic heterocycles. The van der Waals surface area contributed by atoms with E-state index in [0.29, 0.717) is 17.4 Å². The molecule has 0 aromatic carbocycles. The van der Waals surface area contributed by atoms with Crippen LogP contribution in [-0.4, -0.2) is 35.5 Å². The standard InChI is InChI=1S/C20H21N7O2S/c1-10-8-11(2)27-20(22-10)25-17(26-27)19(28)29-9-14-23-16(21)15-12-6-4-3-5-7-13(12)30-18(15)24-14/h8H,3-7,9H2,1-2H3,(H2,21,23,24). The van der Waals surface area contributed by atoms with Gasteiger partial charge < -0.3 is 10.5 Å². The Hall–Kier alpha value is -3.14. The SMILES string of the molecule is Cc1cc(C)n2nc(C(=O)OCc3nc(N)c4c5c(sc4n3)CCCCC5)nc2n1. The summed E-state index contributed by atoms with van der Waals surface area (Å²) in [6.07, 6.45) is 5.68. The van der Waals surface area contributed by atoms with E-state index in [1.165, 1.54) is 27.8 Å². The molecule has 30 heavy (non-hydrogen) atoms. The van der Waals surface area contributed by atoms with Gasteiger partial charge in [-0.25, -0.2) is 24.3 Å². The van der Waals surface area contributed by atoms with Gasteiger partial charge in [0.15, 0.2) is 12.4 Å². The Morgan fingerprint density at radius 2 is 2.00 bits per heavy atom. The Morgan fingerprint density at radius 1 is 1.17 bits per heavy atom. The van der Waals surface area contributed by atoms with Gasteiger partial charge in [0, 0.05) is 16.3 Å². The summed E-state index contributed by atoms with van der Waals surface area (Å²) in [4.78, 5) is 32.1. The highest BCUT2D eigenvalue weighted by molar-refractivity contribution is 7.19. The first-order chi connectivity index (χ1) is 14.5. The van der Waals surface area contributed by atoms with Gasteiger partial charge in [-0.15, -0.1) is 16.4 Å². The fourth-order valence-corrected chi connectivity index (χ4v) is 5.21. The number of carbonyl (C=O) groups is 1. The van der Waals surface area contributed by atoms with Crippen LogP contribution in [0, 0.1) is 13.8 Å². The molecule has 0 atom stereocenters. The lowest BCUT2D eigenvalue weighted by atomic mass is 10.1. The van der Waals surface area contributed by atoms with Gasteiger partial charge in [0.1, 0.15) is 10.6 Å². The van der Waals surface area contributed by atoms with E-state index in [1.807, 2.05) is 19.9 Å². The van der Waals surface area contributed by atoms with Crippen LogP contribution in [0.5, 0.6) is 0 Å². The molecule has 2 N–H and O–H groups in total. The van der Waals surface area contributed by atoms with E-state index in [1.54, 1.807) is 11.3 Å². The van der Waals surface area contributed by atoms with E-state index in [9.17, 15) is 4.79 Å². The van der Waals surface area contributed by atoms with Crippen molar-refractivity contribution in [1.82, 2.24) is 29.5 Å². The number of rotatable bonds is 3. The molecular formula is C20H21N7O2S. The summed E-state index contributed by atoms with van der Waals surface area (Å²) >= 11 is 1.67. The molecule has 1 aliphatic carbocycles. The van der Waals surface area contributed by atoms with Crippen LogP contribution >= 0.6 is 11.3 Å². The number of anilines is 1. The average molecular weight is 424 g/mol. The zero-order chi connectivity index (χ0) is 20.8. The van der Waals surface area contributed by atoms with Crippen LogP contribution < -0.4 is 5.73 Å². The molecule has 0 fully saturated rings. The van der Waals surface area contributed by atoms with Gasteiger partial charge in [0.2, 0.25) is 0 Å². The van der Waals surface area contributed by atoms with E-state index in [2.05, 4.69) is 25.0 Å². The minimum absolute atomic E-state index is 0.0481. The number of nitrogens with two attached hydrogens (primary N) is 1. The van der Waals surface area contributed by atoms with Crippen molar-refractivity contribution in [2.45, 2.75) is 52.6 Å². The number of hydrogen-bond donors (Lipinski definition) is 1. The molecule has 0 amide bonds. The van der Waals surface area contributed by atoms with E-state index < -0.39 is 5.97 Å². The van der Waals surface area contributed by atoms with Gasteiger partial charge in [-0.2, -0.15) is 4.98 Å². The third-order valence-electron chi connectivity index (χ3n) is 5.27. The molecule has 0 spiro atoms. The summed E-state index contributed by atoms with van der Waals surface area (Å²) < 4.78 is 6.88. The summed E-state index contributed by atoms with van der Waals surface area (Å²) in [5, 5.41) is 5.15. The molecule has 0 radical (unpaired) electrons. The fraction of sp³-hybridized carbons (Fsp3) is 0.400. The Morgan fingerprint density at radius 3 is 2.87 bits per heavy atom. The topological polar surface area (TPSA) is 121 Å².